The maximum atomic E-state index is 13.5. The largest absolute Gasteiger partial charge is 0.393 e. The molecule has 3 nitrogen and oxygen atoms in total. The van der Waals surface area contributed by atoms with E-state index in [2.05, 4.69) is 21.2 Å². The van der Waals surface area contributed by atoms with Crippen LogP contribution in [0.1, 0.15) is 23.7 Å². The number of thiocarbonyl (C=S) groups is 1. The van der Waals surface area contributed by atoms with Crippen LogP contribution in [0.4, 0.5) is 4.39 Å². The van der Waals surface area contributed by atoms with Crippen LogP contribution in [0, 0.1) is 5.82 Å². The number of halogens is 2. The molecule has 1 amide bonds. The number of benzene rings is 1. The van der Waals surface area contributed by atoms with Crippen molar-refractivity contribution in [2.45, 2.75) is 19.4 Å². The minimum atomic E-state index is -0.570. The van der Waals surface area contributed by atoms with E-state index >= 15 is 0 Å². The van der Waals surface area contributed by atoms with Crippen LogP contribution in [-0.4, -0.2) is 16.9 Å². The Kier molecular flexibility index (Phi) is 5.02. The van der Waals surface area contributed by atoms with Gasteiger partial charge in [0.05, 0.1) is 10.6 Å². The summed E-state index contributed by atoms with van der Waals surface area (Å²) in [6, 6.07) is 4.05. The van der Waals surface area contributed by atoms with Gasteiger partial charge in [-0.2, -0.15) is 0 Å². The van der Waals surface area contributed by atoms with E-state index in [0.29, 0.717) is 15.9 Å². The summed E-state index contributed by atoms with van der Waals surface area (Å²) in [7, 11) is 0. The van der Waals surface area contributed by atoms with Crippen LogP contribution < -0.4 is 11.1 Å². The summed E-state index contributed by atoms with van der Waals surface area (Å²) in [6.07, 6.45) is 0.388. The summed E-state index contributed by atoms with van der Waals surface area (Å²) in [5.74, 6) is -1.04. The van der Waals surface area contributed by atoms with E-state index in [0.717, 1.165) is 0 Å². The Balaban J connectivity index is 2.73. The van der Waals surface area contributed by atoms with Crippen LogP contribution in [0.2, 0.25) is 0 Å². The lowest BCUT2D eigenvalue weighted by Gasteiger charge is -2.13. The molecule has 1 aromatic rings. The molecule has 17 heavy (non-hydrogen) atoms. The number of rotatable bonds is 4. The maximum absolute atomic E-state index is 13.5. The van der Waals surface area contributed by atoms with Gasteiger partial charge in [-0.05, 0) is 25.1 Å². The second-order valence-corrected chi connectivity index (χ2v) is 5.11. The molecule has 1 rings (SSSR count). The summed E-state index contributed by atoms with van der Waals surface area (Å²) in [4.78, 5) is 12.0. The lowest BCUT2D eigenvalue weighted by atomic mass is 10.1. The number of hydrogen-bond donors (Lipinski definition) is 2. The normalized spacial score (nSPS) is 11.9. The fourth-order valence-corrected chi connectivity index (χ4v) is 1.91. The van der Waals surface area contributed by atoms with Gasteiger partial charge in [0.25, 0.3) is 5.91 Å². The molecule has 1 unspecified atom stereocenters. The summed E-state index contributed by atoms with van der Waals surface area (Å²) < 4.78 is 14.1. The third kappa shape index (κ3) is 4.40. The van der Waals surface area contributed by atoms with Crippen molar-refractivity contribution in [3.05, 3.63) is 34.1 Å². The molecule has 0 saturated heterocycles. The van der Waals surface area contributed by atoms with Crippen molar-refractivity contribution in [2.24, 2.45) is 5.73 Å². The molecule has 1 atom stereocenters. The van der Waals surface area contributed by atoms with Gasteiger partial charge in [-0.15, -0.1) is 0 Å². The molecule has 6 heteroatoms. The van der Waals surface area contributed by atoms with E-state index in [4.69, 9.17) is 18.0 Å². The van der Waals surface area contributed by atoms with Crippen LogP contribution in [0.15, 0.2) is 22.7 Å². The monoisotopic (exact) mass is 318 g/mol. The molecule has 0 aromatic heterocycles. The Morgan fingerprint density at radius 2 is 2.29 bits per heavy atom. The molecular weight excluding hydrogens is 307 g/mol. The highest BCUT2D eigenvalue weighted by Gasteiger charge is 2.14. The Morgan fingerprint density at radius 1 is 1.65 bits per heavy atom. The number of nitrogens with one attached hydrogen (secondary N) is 1. The van der Waals surface area contributed by atoms with Gasteiger partial charge >= 0.3 is 0 Å². The van der Waals surface area contributed by atoms with E-state index < -0.39 is 11.7 Å². The average Bonchev–Trinajstić information content (AvgIpc) is 2.15. The van der Waals surface area contributed by atoms with Gasteiger partial charge in [-0.3, -0.25) is 4.79 Å². The summed E-state index contributed by atoms with van der Waals surface area (Å²) >= 11 is 7.85. The molecule has 0 aliphatic heterocycles. The molecule has 92 valence electrons. The zero-order chi connectivity index (χ0) is 13.0. The van der Waals surface area contributed by atoms with Crippen molar-refractivity contribution in [1.29, 1.82) is 0 Å². The third-order valence-electron chi connectivity index (χ3n) is 2.06. The van der Waals surface area contributed by atoms with Crippen molar-refractivity contribution in [3.8, 4) is 0 Å². The average molecular weight is 319 g/mol. The first kappa shape index (κ1) is 14.1. The SMILES string of the molecule is CC(CC(N)=S)NC(=O)c1ccc(Br)cc1F. The van der Waals surface area contributed by atoms with E-state index in [1.165, 1.54) is 12.1 Å². The van der Waals surface area contributed by atoms with Crippen LogP contribution in [0.3, 0.4) is 0 Å². The molecule has 0 fully saturated rings. The molecule has 0 aliphatic carbocycles. The molecule has 0 aliphatic rings. The summed E-state index contributed by atoms with van der Waals surface area (Å²) in [6.45, 7) is 1.76. The van der Waals surface area contributed by atoms with Crippen LogP contribution >= 0.6 is 28.1 Å². The van der Waals surface area contributed by atoms with Crippen molar-refractivity contribution in [1.82, 2.24) is 5.32 Å². The van der Waals surface area contributed by atoms with Gasteiger partial charge in [-0.25, -0.2) is 4.39 Å². The van der Waals surface area contributed by atoms with Gasteiger partial charge in [0, 0.05) is 16.9 Å². The van der Waals surface area contributed by atoms with Crippen molar-refractivity contribution < 1.29 is 9.18 Å². The predicted octanol–water partition coefficient (Wildman–Crippen LogP) is 2.38. The molecular formula is C11H12BrFN2OS. The van der Waals surface area contributed by atoms with Crippen LogP contribution in [0.25, 0.3) is 0 Å². The van der Waals surface area contributed by atoms with Crippen molar-refractivity contribution in [2.75, 3.05) is 0 Å². The second kappa shape index (κ2) is 6.07. The second-order valence-electron chi connectivity index (χ2n) is 3.67. The molecule has 0 radical (unpaired) electrons. The highest BCUT2D eigenvalue weighted by atomic mass is 79.9. The minimum absolute atomic E-state index is 0.00277. The first-order valence-electron chi connectivity index (χ1n) is 4.94. The number of carbonyl (C=O) groups excluding carboxylic acids is 1. The Morgan fingerprint density at radius 3 is 2.82 bits per heavy atom. The highest BCUT2D eigenvalue weighted by molar-refractivity contribution is 9.10. The number of hydrogen-bond acceptors (Lipinski definition) is 2. The predicted molar refractivity (Wildman–Crippen MR) is 72.4 cm³/mol. The quantitative estimate of drug-likeness (QED) is 0.838. The zero-order valence-electron chi connectivity index (χ0n) is 9.17. The number of carbonyl (C=O) groups is 1. The molecule has 0 heterocycles. The van der Waals surface area contributed by atoms with Gasteiger partial charge < -0.3 is 11.1 Å². The summed E-state index contributed by atoms with van der Waals surface area (Å²) in [5, 5.41) is 2.63. The van der Waals surface area contributed by atoms with Gasteiger partial charge in [0.1, 0.15) is 5.82 Å². The van der Waals surface area contributed by atoms with E-state index in [-0.39, 0.29) is 11.6 Å². The standard InChI is InChI=1S/C11H12BrFN2OS/c1-6(4-10(14)17)15-11(16)8-3-2-7(12)5-9(8)13/h2-3,5-6H,4H2,1H3,(H2,14,17)(H,15,16). The topological polar surface area (TPSA) is 55.1 Å². The Bertz CT molecular complexity index is 453. The molecule has 0 spiro atoms. The highest BCUT2D eigenvalue weighted by Crippen LogP contribution is 2.15. The third-order valence-corrected chi connectivity index (χ3v) is 2.72. The fraction of sp³-hybridized carbons (Fsp3) is 0.273. The maximum Gasteiger partial charge on any atom is 0.254 e. The van der Waals surface area contributed by atoms with Crippen LogP contribution in [-0.2, 0) is 0 Å². The van der Waals surface area contributed by atoms with Crippen LogP contribution in [0.5, 0.6) is 0 Å². The van der Waals surface area contributed by atoms with Crippen molar-refractivity contribution >= 4 is 39.0 Å². The molecule has 3 N–H and O–H groups in total. The van der Waals surface area contributed by atoms with E-state index in [1.54, 1.807) is 13.0 Å². The fourth-order valence-electron chi connectivity index (χ4n) is 1.33. The Hall–Kier alpha value is -1.01. The van der Waals surface area contributed by atoms with Gasteiger partial charge in [0.2, 0.25) is 0 Å². The lowest BCUT2D eigenvalue weighted by Crippen LogP contribution is -2.35. The lowest BCUT2D eigenvalue weighted by molar-refractivity contribution is 0.0937. The van der Waals surface area contributed by atoms with Crippen molar-refractivity contribution in [3.63, 3.8) is 0 Å². The molecule has 0 saturated carbocycles. The molecule has 1 aromatic carbocycles. The number of nitrogens with two attached hydrogens (primary N) is 1. The smallest absolute Gasteiger partial charge is 0.254 e. The van der Waals surface area contributed by atoms with Gasteiger partial charge in [0.15, 0.2) is 0 Å². The van der Waals surface area contributed by atoms with Gasteiger partial charge in [-0.1, -0.05) is 28.1 Å². The Labute approximate surface area is 113 Å². The first-order chi connectivity index (χ1) is 7.90. The van der Waals surface area contributed by atoms with E-state index in [9.17, 15) is 9.18 Å². The summed E-state index contributed by atoms with van der Waals surface area (Å²) in [5.41, 5.74) is 5.36. The van der Waals surface area contributed by atoms with E-state index in [1.807, 2.05) is 0 Å². The first-order valence-corrected chi connectivity index (χ1v) is 6.14. The number of amides is 1. The minimum Gasteiger partial charge on any atom is -0.393 e. The molecule has 0 bridgehead atoms. The zero-order valence-corrected chi connectivity index (χ0v) is 11.6.